The zero-order valence-corrected chi connectivity index (χ0v) is 32.2. The van der Waals surface area contributed by atoms with E-state index in [1.165, 1.54) is 27.6 Å². The number of nitrogens with zero attached hydrogens (tertiary/aromatic N) is 2. The predicted octanol–water partition coefficient (Wildman–Crippen LogP) is 15.6. The molecule has 2 aromatic heterocycles. The summed E-state index contributed by atoms with van der Waals surface area (Å²) in [5.41, 5.74) is 18.9. The van der Waals surface area contributed by atoms with Crippen LogP contribution in [0.3, 0.4) is 0 Å². The summed E-state index contributed by atoms with van der Waals surface area (Å²) in [6.07, 6.45) is 0. The number of anilines is 3. The van der Waals surface area contributed by atoms with Crippen molar-refractivity contribution in [2.45, 2.75) is 0 Å². The van der Waals surface area contributed by atoms with Gasteiger partial charge in [-0.25, -0.2) is 0 Å². The van der Waals surface area contributed by atoms with Crippen LogP contribution in [0, 0.1) is 0 Å². The Kier molecular flexibility index (Phi) is 8.49. The second-order valence-electron chi connectivity index (χ2n) is 15.0. The summed E-state index contributed by atoms with van der Waals surface area (Å²) in [6.45, 7) is 0. The maximum atomic E-state index is 6.60. The van der Waals surface area contributed by atoms with Crippen molar-refractivity contribution in [2.75, 3.05) is 4.90 Å². The lowest BCUT2D eigenvalue weighted by Crippen LogP contribution is -2.10. The minimum atomic E-state index is 0.869. The van der Waals surface area contributed by atoms with E-state index in [4.69, 9.17) is 4.42 Å². The predicted molar refractivity (Wildman–Crippen MR) is 247 cm³/mol. The van der Waals surface area contributed by atoms with Gasteiger partial charge >= 0.3 is 0 Å². The van der Waals surface area contributed by atoms with E-state index in [9.17, 15) is 0 Å². The van der Waals surface area contributed by atoms with Gasteiger partial charge in [-0.05, 0) is 105 Å². The SMILES string of the molecule is c1ccc(-c2ccc(N(c3ccc(-c4ccccc4)cc3)c3cccc(-c4ccc(-c5ccc6oc7c(-c8ccccc8)c8ccccc8n7c6c5)cc4)c3)cc2)cc1. The van der Waals surface area contributed by atoms with Gasteiger partial charge in [0.2, 0.25) is 5.71 Å². The van der Waals surface area contributed by atoms with Crippen molar-refractivity contribution in [3.63, 3.8) is 0 Å². The maximum Gasteiger partial charge on any atom is 0.213 e. The molecule has 0 aliphatic rings. The lowest BCUT2D eigenvalue weighted by atomic mass is 9.99. The molecule has 0 amide bonds. The average molecular weight is 755 g/mol. The summed E-state index contributed by atoms with van der Waals surface area (Å²) >= 11 is 0. The van der Waals surface area contributed by atoms with Gasteiger partial charge in [-0.3, -0.25) is 4.40 Å². The number of fused-ring (bicyclic) bond motifs is 5. The van der Waals surface area contributed by atoms with Crippen LogP contribution in [-0.2, 0) is 0 Å². The van der Waals surface area contributed by atoms with Crippen LogP contribution in [0.2, 0.25) is 0 Å². The molecule has 278 valence electrons. The van der Waals surface area contributed by atoms with Crippen molar-refractivity contribution < 1.29 is 4.42 Å². The smallest absolute Gasteiger partial charge is 0.213 e. The lowest BCUT2D eigenvalue weighted by Gasteiger charge is -2.26. The van der Waals surface area contributed by atoms with Crippen molar-refractivity contribution in [1.82, 2.24) is 4.40 Å². The molecule has 0 aliphatic heterocycles. The fourth-order valence-corrected chi connectivity index (χ4v) is 8.49. The molecule has 3 heteroatoms. The summed E-state index contributed by atoms with van der Waals surface area (Å²) in [4.78, 5) is 2.34. The molecule has 2 heterocycles. The highest BCUT2D eigenvalue weighted by Gasteiger charge is 2.20. The van der Waals surface area contributed by atoms with E-state index < -0.39 is 0 Å². The monoisotopic (exact) mass is 754 g/mol. The van der Waals surface area contributed by atoms with Gasteiger partial charge in [0.25, 0.3) is 0 Å². The molecule has 3 nitrogen and oxygen atoms in total. The van der Waals surface area contributed by atoms with E-state index in [2.05, 4.69) is 240 Å². The topological polar surface area (TPSA) is 20.8 Å². The highest BCUT2D eigenvalue weighted by Crippen LogP contribution is 2.41. The first-order chi connectivity index (χ1) is 29.2. The van der Waals surface area contributed by atoms with Gasteiger partial charge in [0.1, 0.15) is 0 Å². The van der Waals surface area contributed by atoms with Crippen LogP contribution in [0.15, 0.2) is 235 Å². The highest BCUT2D eigenvalue weighted by atomic mass is 16.3. The Hall–Kier alpha value is -7.88. The quantitative estimate of drug-likeness (QED) is 0.154. The zero-order valence-electron chi connectivity index (χ0n) is 32.2. The highest BCUT2D eigenvalue weighted by molar-refractivity contribution is 6.07. The summed E-state index contributed by atoms with van der Waals surface area (Å²) in [5.74, 6) is 0. The van der Waals surface area contributed by atoms with Gasteiger partial charge < -0.3 is 9.32 Å². The molecule has 59 heavy (non-hydrogen) atoms. The minimum Gasteiger partial charge on any atom is -0.438 e. The number of aromatic nitrogens is 1. The standard InChI is InChI=1S/C56H38N2O/c1-4-13-39(14-5-1)41-27-32-48(33-28-41)57(49-34-29-42(30-35-49)40-15-6-2-7-16-40)50-20-12-19-46(37-50)43-23-25-44(26-24-43)47-31-36-54-53(38-47)58-52-22-11-10-21-51(52)55(56(58)59-54)45-17-8-3-9-18-45/h1-38H. The number of hydrogen-bond acceptors (Lipinski definition) is 2. The third-order valence-corrected chi connectivity index (χ3v) is 11.4. The van der Waals surface area contributed by atoms with Crippen molar-refractivity contribution in [3.8, 4) is 55.6 Å². The van der Waals surface area contributed by atoms with Crippen molar-refractivity contribution in [1.29, 1.82) is 0 Å². The van der Waals surface area contributed by atoms with Crippen LogP contribution in [-0.4, -0.2) is 4.40 Å². The summed E-state index contributed by atoms with van der Waals surface area (Å²) in [6, 6.07) is 82.2. The van der Waals surface area contributed by atoms with Crippen LogP contribution in [0.1, 0.15) is 0 Å². The third kappa shape index (κ3) is 6.26. The number of rotatable bonds is 8. The van der Waals surface area contributed by atoms with E-state index in [-0.39, 0.29) is 0 Å². The molecule has 0 radical (unpaired) electrons. The normalized spacial score (nSPS) is 11.4. The van der Waals surface area contributed by atoms with E-state index in [1.54, 1.807) is 0 Å². The second kappa shape index (κ2) is 14.6. The van der Waals surface area contributed by atoms with Gasteiger partial charge in [0.05, 0.1) is 16.6 Å². The summed E-state index contributed by atoms with van der Waals surface area (Å²) < 4.78 is 8.87. The molecule has 0 saturated carbocycles. The van der Waals surface area contributed by atoms with E-state index in [0.29, 0.717) is 0 Å². The van der Waals surface area contributed by atoms with E-state index in [0.717, 1.165) is 72.8 Å². The van der Waals surface area contributed by atoms with Gasteiger partial charge in [-0.2, -0.15) is 0 Å². The molecule has 0 unspecified atom stereocenters. The van der Waals surface area contributed by atoms with Crippen molar-refractivity contribution >= 4 is 44.8 Å². The molecule has 0 aliphatic carbocycles. The first kappa shape index (κ1) is 34.4. The molecule has 0 saturated heterocycles. The number of para-hydroxylation sites is 1. The van der Waals surface area contributed by atoms with Gasteiger partial charge in [0, 0.05) is 22.4 Å². The largest absolute Gasteiger partial charge is 0.438 e. The van der Waals surface area contributed by atoms with Crippen molar-refractivity contribution in [3.05, 3.63) is 231 Å². The maximum absolute atomic E-state index is 6.60. The Labute approximate surface area is 343 Å². The molecule has 0 atom stereocenters. The summed E-state index contributed by atoms with van der Waals surface area (Å²) in [7, 11) is 0. The van der Waals surface area contributed by atoms with Gasteiger partial charge in [-0.15, -0.1) is 0 Å². The molecule has 9 aromatic carbocycles. The molecule has 0 bridgehead atoms. The second-order valence-corrected chi connectivity index (χ2v) is 15.0. The van der Waals surface area contributed by atoms with Crippen LogP contribution < -0.4 is 4.90 Å². The van der Waals surface area contributed by atoms with Crippen LogP contribution >= 0.6 is 0 Å². The Morgan fingerprint density at radius 1 is 0.305 bits per heavy atom. The van der Waals surface area contributed by atoms with Crippen LogP contribution in [0.4, 0.5) is 17.1 Å². The molecule has 11 rings (SSSR count). The molecule has 0 fully saturated rings. The zero-order chi connectivity index (χ0) is 39.1. The summed E-state index contributed by atoms with van der Waals surface area (Å²) in [5, 5.41) is 1.18. The molecular weight excluding hydrogens is 717 g/mol. The Balaban J connectivity index is 0.945. The molecule has 11 aromatic rings. The lowest BCUT2D eigenvalue weighted by molar-refractivity contribution is 0.658. The minimum absolute atomic E-state index is 0.869. The first-order valence-corrected chi connectivity index (χ1v) is 20.1. The van der Waals surface area contributed by atoms with Crippen LogP contribution in [0.25, 0.3) is 83.4 Å². The van der Waals surface area contributed by atoms with Crippen molar-refractivity contribution in [2.24, 2.45) is 0 Å². The number of benzene rings is 9. The molecule has 0 spiro atoms. The Morgan fingerprint density at radius 2 is 0.746 bits per heavy atom. The van der Waals surface area contributed by atoms with Gasteiger partial charge in [0.15, 0.2) is 5.58 Å². The van der Waals surface area contributed by atoms with Crippen LogP contribution in [0.5, 0.6) is 0 Å². The Morgan fingerprint density at radius 3 is 1.34 bits per heavy atom. The van der Waals surface area contributed by atoms with E-state index in [1.807, 2.05) is 0 Å². The number of oxazole rings is 1. The fraction of sp³-hybridized carbons (Fsp3) is 0. The molecular formula is C56H38N2O. The third-order valence-electron chi connectivity index (χ3n) is 11.4. The fourth-order valence-electron chi connectivity index (χ4n) is 8.49. The van der Waals surface area contributed by atoms with Gasteiger partial charge in [-0.1, -0.05) is 176 Å². The molecule has 0 N–H and O–H groups in total. The van der Waals surface area contributed by atoms with E-state index >= 15 is 0 Å². The Bertz CT molecular complexity index is 3140. The number of hydrogen-bond donors (Lipinski definition) is 0. The first-order valence-electron chi connectivity index (χ1n) is 20.1. The average Bonchev–Trinajstić information content (AvgIpc) is 3.85.